The Morgan fingerprint density at radius 3 is 2.45 bits per heavy atom. The first-order valence-electron chi connectivity index (χ1n) is 10.9. The number of aryl methyl sites for hydroxylation is 1. The average Bonchev–Trinajstić information content (AvgIpc) is 3.31. The third-order valence-electron chi connectivity index (χ3n) is 6.16. The molecule has 0 amide bonds. The summed E-state index contributed by atoms with van der Waals surface area (Å²) in [5.74, 6) is 1.60. The van der Waals surface area contributed by atoms with Gasteiger partial charge in [-0.1, -0.05) is 12.8 Å². The fraction of sp³-hybridized carbons (Fsp3) is 0.520. The van der Waals surface area contributed by atoms with E-state index in [1.165, 1.54) is 25.5 Å². The maximum Gasteiger partial charge on any atom is 0.343 e. The molecule has 6 heteroatoms. The summed E-state index contributed by atoms with van der Waals surface area (Å²) < 4.78 is 21.2. The lowest BCUT2D eigenvalue weighted by Crippen LogP contribution is -2.14. The topological polar surface area (TPSA) is 66.9 Å². The molecule has 0 unspecified atom stereocenters. The number of nitrogens with zero attached hydrogens (tertiary/aromatic N) is 1. The van der Waals surface area contributed by atoms with Crippen molar-refractivity contribution in [2.24, 2.45) is 0 Å². The van der Waals surface area contributed by atoms with Gasteiger partial charge in [0.25, 0.3) is 0 Å². The van der Waals surface area contributed by atoms with Gasteiger partial charge >= 0.3 is 5.97 Å². The van der Waals surface area contributed by atoms with Crippen molar-refractivity contribution in [3.63, 3.8) is 0 Å². The molecule has 0 saturated heterocycles. The molecule has 0 aliphatic heterocycles. The van der Waals surface area contributed by atoms with E-state index in [9.17, 15) is 4.79 Å². The Kier molecular flexibility index (Phi) is 7.91. The van der Waals surface area contributed by atoms with Crippen molar-refractivity contribution < 1.29 is 23.7 Å². The summed E-state index contributed by atoms with van der Waals surface area (Å²) >= 11 is 0. The second-order valence-electron chi connectivity index (χ2n) is 8.18. The summed E-state index contributed by atoms with van der Waals surface area (Å²) in [6.45, 7) is 6.32. The van der Waals surface area contributed by atoms with Crippen LogP contribution in [0.1, 0.15) is 65.2 Å². The van der Waals surface area contributed by atoms with Crippen molar-refractivity contribution in [3.05, 3.63) is 51.8 Å². The lowest BCUT2D eigenvalue weighted by molar-refractivity contribution is -0.142. The number of hydrogen-bond acceptors (Lipinski definition) is 6. The zero-order valence-corrected chi connectivity index (χ0v) is 19.2. The molecule has 168 valence electrons. The van der Waals surface area contributed by atoms with Gasteiger partial charge in [-0.15, -0.1) is 0 Å². The van der Waals surface area contributed by atoms with E-state index in [4.69, 9.17) is 19.2 Å². The minimum Gasteiger partial charge on any atom is -0.482 e. The molecule has 3 rings (SSSR count). The summed E-state index contributed by atoms with van der Waals surface area (Å²) in [6.07, 6.45) is 5.53. The zero-order chi connectivity index (χ0) is 22.4. The van der Waals surface area contributed by atoms with Crippen molar-refractivity contribution in [3.8, 4) is 11.5 Å². The molecule has 6 nitrogen and oxygen atoms in total. The van der Waals surface area contributed by atoms with Gasteiger partial charge in [0.15, 0.2) is 13.4 Å². The number of methoxy groups -OCH3 is 2. The minimum atomic E-state index is -0.391. The fourth-order valence-corrected chi connectivity index (χ4v) is 4.24. The molecule has 1 heterocycles. The molecule has 2 aromatic rings. The maximum atomic E-state index is 11.4. The summed E-state index contributed by atoms with van der Waals surface area (Å²) in [5.41, 5.74) is 6.62. The van der Waals surface area contributed by atoms with Crippen LogP contribution in [0.2, 0.25) is 0 Å². The minimum absolute atomic E-state index is 0.0925. The number of esters is 1. The van der Waals surface area contributed by atoms with Gasteiger partial charge in [-0.2, -0.15) is 0 Å². The van der Waals surface area contributed by atoms with Gasteiger partial charge in [0.05, 0.1) is 12.8 Å². The molecule has 1 aromatic heterocycles. The van der Waals surface area contributed by atoms with E-state index in [0.29, 0.717) is 11.7 Å². The van der Waals surface area contributed by atoms with Crippen molar-refractivity contribution in [2.75, 3.05) is 27.6 Å². The summed E-state index contributed by atoms with van der Waals surface area (Å²) in [7, 11) is 2.99. The van der Waals surface area contributed by atoms with Gasteiger partial charge in [-0.05, 0) is 74.1 Å². The summed E-state index contributed by atoms with van der Waals surface area (Å²) in [6, 6.07) is 6.06. The summed E-state index contributed by atoms with van der Waals surface area (Å²) in [4.78, 5) is 16.5. The number of rotatable bonds is 9. The standard InChI is InChI=1S/C25H33NO5/c1-16-12-23(30-14-24(27)29-5)18(3)17(2)21(16)13-20-10-11-22(31-15-28-4)25(26-20)19-8-6-7-9-19/h10-12,19H,6-9,13-15H2,1-5H3. The first-order chi connectivity index (χ1) is 14.9. The Hall–Kier alpha value is -2.60. The molecule has 0 atom stereocenters. The third-order valence-corrected chi connectivity index (χ3v) is 6.16. The number of hydrogen-bond donors (Lipinski definition) is 0. The van der Waals surface area contributed by atoms with Crippen LogP contribution >= 0.6 is 0 Å². The first-order valence-corrected chi connectivity index (χ1v) is 10.9. The van der Waals surface area contributed by atoms with Crippen molar-refractivity contribution in [1.82, 2.24) is 4.98 Å². The average molecular weight is 428 g/mol. The van der Waals surface area contributed by atoms with Crippen LogP contribution in [0.3, 0.4) is 0 Å². The SMILES string of the molecule is COCOc1ccc(Cc2c(C)cc(OCC(=O)OC)c(C)c2C)nc1C1CCCC1. The molecule has 1 saturated carbocycles. The monoisotopic (exact) mass is 427 g/mol. The Morgan fingerprint density at radius 1 is 1.03 bits per heavy atom. The van der Waals surface area contributed by atoms with Crippen molar-refractivity contribution in [2.45, 2.75) is 58.8 Å². The first kappa shape index (κ1) is 23.1. The highest BCUT2D eigenvalue weighted by molar-refractivity contribution is 5.71. The van der Waals surface area contributed by atoms with Gasteiger partial charge in [0.2, 0.25) is 0 Å². The zero-order valence-electron chi connectivity index (χ0n) is 19.2. The second kappa shape index (κ2) is 10.6. The van der Waals surface area contributed by atoms with Gasteiger partial charge in [0, 0.05) is 25.1 Å². The maximum absolute atomic E-state index is 11.4. The van der Waals surface area contributed by atoms with E-state index >= 15 is 0 Å². The Morgan fingerprint density at radius 2 is 1.77 bits per heavy atom. The van der Waals surface area contributed by atoms with Crippen LogP contribution in [0.25, 0.3) is 0 Å². The quantitative estimate of drug-likeness (QED) is 0.423. The van der Waals surface area contributed by atoms with Crippen LogP contribution in [0.5, 0.6) is 11.5 Å². The Bertz CT molecular complexity index is 919. The fourth-order valence-electron chi connectivity index (χ4n) is 4.24. The number of pyridine rings is 1. The number of carbonyl (C=O) groups is 1. The van der Waals surface area contributed by atoms with Gasteiger partial charge in [-0.25, -0.2) is 4.79 Å². The van der Waals surface area contributed by atoms with Crippen LogP contribution < -0.4 is 9.47 Å². The number of aromatic nitrogens is 1. The van der Waals surface area contributed by atoms with Crippen molar-refractivity contribution in [1.29, 1.82) is 0 Å². The highest BCUT2D eigenvalue weighted by Gasteiger charge is 2.23. The summed E-state index contributed by atoms with van der Waals surface area (Å²) in [5, 5.41) is 0. The van der Waals surface area contributed by atoms with E-state index in [0.717, 1.165) is 53.1 Å². The van der Waals surface area contributed by atoms with Crippen LogP contribution in [0, 0.1) is 20.8 Å². The van der Waals surface area contributed by atoms with Crippen LogP contribution in [-0.2, 0) is 20.7 Å². The van der Waals surface area contributed by atoms with Crippen LogP contribution in [-0.4, -0.2) is 38.6 Å². The number of benzene rings is 1. The molecule has 1 aliphatic rings. The Labute approximate surface area is 184 Å². The second-order valence-corrected chi connectivity index (χ2v) is 8.18. The van der Waals surface area contributed by atoms with Gasteiger partial charge < -0.3 is 18.9 Å². The molecule has 1 aliphatic carbocycles. The lowest BCUT2D eigenvalue weighted by Gasteiger charge is -2.19. The van der Waals surface area contributed by atoms with Crippen LogP contribution in [0.15, 0.2) is 18.2 Å². The van der Waals surface area contributed by atoms with Gasteiger partial charge in [-0.3, -0.25) is 4.98 Å². The van der Waals surface area contributed by atoms with E-state index in [1.807, 2.05) is 25.1 Å². The third kappa shape index (κ3) is 5.56. The highest BCUT2D eigenvalue weighted by Crippen LogP contribution is 2.38. The largest absolute Gasteiger partial charge is 0.482 e. The molecule has 1 aromatic carbocycles. The lowest BCUT2D eigenvalue weighted by atomic mass is 9.93. The molecule has 0 radical (unpaired) electrons. The highest BCUT2D eigenvalue weighted by atomic mass is 16.7. The molecule has 31 heavy (non-hydrogen) atoms. The van der Waals surface area contributed by atoms with Crippen molar-refractivity contribution >= 4 is 5.97 Å². The number of carbonyl (C=O) groups excluding carboxylic acids is 1. The van der Waals surface area contributed by atoms with E-state index in [2.05, 4.69) is 18.6 Å². The van der Waals surface area contributed by atoms with E-state index in [-0.39, 0.29) is 13.4 Å². The molecule has 0 N–H and O–H groups in total. The Balaban J connectivity index is 1.86. The van der Waals surface area contributed by atoms with E-state index < -0.39 is 5.97 Å². The molecule has 1 fully saturated rings. The normalized spacial score (nSPS) is 14.0. The predicted octanol–water partition coefficient (Wildman–Crippen LogP) is 4.79. The van der Waals surface area contributed by atoms with E-state index in [1.54, 1.807) is 7.11 Å². The molecule has 0 bridgehead atoms. The predicted molar refractivity (Wildman–Crippen MR) is 119 cm³/mol. The van der Waals surface area contributed by atoms with Crippen LogP contribution in [0.4, 0.5) is 0 Å². The number of ether oxygens (including phenoxy) is 4. The smallest absolute Gasteiger partial charge is 0.343 e. The molecular formula is C25H33NO5. The van der Waals surface area contributed by atoms with Gasteiger partial charge in [0.1, 0.15) is 11.5 Å². The molecular weight excluding hydrogens is 394 g/mol. The molecule has 0 spiro atoms.